The van der Waals surface area contributed by atoms with Crippen LogP contribution in [0.25, 0.3) is 0 Å². The first-order valence-corrected chi connectivity index (χ1v) is 4.76. The number of ether oxygens (including phenoxy) is 1. The van der Waals surface area contributed by atoms with Crippen molar-refractivity contribution in [2.45, 2.75) is 26.0 Å². The summed E-state index contributed by atoms with van der Waals surface area (Å²) in [6.07, 6.45) is -0.745. The van der Waals surface area contributed by atoms with E-state index in [-0.39, 0.29) is 12.5 Å². The number of amides is 2. The molecule has 0 rings (SSSR count). The van der Waals surface area contributed by atoms with E-state index in [2.05, 4.69) is 5.32 Å². The molecule has 0 aromatic carbocycles. The maximum Gasteiger partial charge on any atom is 0.251 e. The Morgan fingerprint density at radius 2 is 1.93 bits per heavy atom. The number of carbonyl (C=O) groups excluding carboxylic acids is 2. The Labute approximate surface area is 89.3 Å². The maximum absolute atomic E-state index is 11.5. The average Bonchev–Trinajstić information content (AvgIpc) is 2.15. The van der Waals surface area contributed by atoms with Gasteiger partial charge in [-0.05, 0) is 5.92 Å². The predicted molar refractivity (Wildman–Crippen MR) is 55.8 cm³/mol. The molecule has 0 saturated carbocycles. The summed E-state index contributed by atoms with van der Waals surface area (Å²) in [5.74, 6) is -1.05. The maximum atomic E-state index is 11.5. The van der Waals surface area contributed by atoms with Crippen LogP contribution in [0.5, 0.6) is 0 Å². The Morgan fingerprint density at radius 3 is 2.20 bits per heavy atom. The smallest absolute Gasteiger partial charge is 0.251 e. The van der Waals surface area contributed by atoms with Gasteiger partial charge in [-0.15, -0.1) is 0 Å². The Hall–Kier alpha value is -1.14. The van der Waals surface area contributed by atoms with Crippen molar-refractivity contribution in [3.8, 4) is 0 Å². The topological polar surface area (TPSA) is 107 Å². The monoisotopic (exact) mass is 217 g/mol. The Kier molecular flexibility index (Phi) is 5.88. The van der Waals surface area contributed by atoms with Crippen LogP contribution in [-0.4, -0.2) is 37.6 Å². The van der Waals surface area contributed by atoms with Gasteiger partial charge in [-0.25, -0.2) is 0 Å². The van der Waals surface area contributed by atoms with Crippen LogP contribution >= 0.6 is 0 Å². The lowest BCUT2D eigenvalue weighted by atomic mass is 10.0. The SMILES string of the molecule is COC(CN)C(=O)NC(C(N)=O)C(C)C. The van der Waals surface area contributed by atoms with E-state index >= 15 is 0 Å². The molecule has 88 valence electrons. The van der Waals surface area contributed by atoms with Crippen molar-refractivity contribution in [1.82, 2.24) is 5.32 Å². The summed E-state index contributed by atoms with van der Waals surface area (Å²) in [6.45, 7) is 3.64. The first kappa shape index (κ1) is 13.9. The lowest BCUT2D eigenvalue weighted by Gasteiger charge is -2.21. The molecule has 6 nitrogen and oxygen atoms in total. The molecule has 0 aliphatic heterocycles. The molecule has 2 amide bonds. The fourth-order valence-electron chi connectivity index (χ4n) is 1.12. The minimum atomic E-state index is -0.745. The highest BCUT2D eigenvalue weighted by molar-refractivity contribution is 5.88. The molecule has 0 bridgehead atoms. The molecule has 0 aromatic heterocycles. The second-order valence-electron chi connectivity index (χ2n) is 3.59. The number of primary amides is 1. The molecule has 15 heavy (non-hydrogen) atoms. The van der Waals surface area contributed by atoms with Gasteiger partial charge in [-0.3, -0.25) is 9.59 Å². The number of carbonyl (C=O) groups is 2. The quantitative estimate of drug-likeness (QED) is 0.507. The zero-order valence-electron chi connectivity index (χ0n) is 9.32. The van der Waals surface area contributed by atoms with Crippen LogP contribution in [-0.2, 0) is 14.3 Å². The minimum absolute atomic E-state index is 0.0614. The van der Waals surface area contributed by atoms with Crippen LogP contribution in [0.1, 0.15) is 13.8 Å². The van der Waals surface area contributed by atoms with Gasteiger partial charge in [0.2, 0.25) is 5.91 Å². The largest absolute Gasteiger partial charge is 0.370 e. The summed E-state index contributed by atoms with van der Waals surface area (Å²) in [4.78, 5) is 22.5. The summed E-state index contributed by atoms with van der Waals surface area (Å²) in [5.41, 5.74) is 10.5. The van der Waals surface area contributed by atoms with Crippen molar-refractivity contribution >= 4 is 11.8 Å². The van der Waals surface area contributed by atoms with Crippen molar-refractivity contribution in [2.75, 3.05) is 13.7 Å². The molecular weight excluding hydrogens is 198 g/mol. The Morgan fingerprint density at radius 1 is 1.40 bits per heavy atom. The van der Waals surface area contributed by atoms with Gasteiger partial charge in [-0.1, -0.05) is 13.8 Å². The molecular formula is C9H19N3O3. The van der Waals surface area contributed by atoms with Crippen molar-refractivity contribution in [1.29, 1.82) is 0 Å². The van der Waals surface area contributed by atoms with Gasteiger partial charge in [0.1, 0.15) is 12.1 Å². The molecule has 5 N–H and O–H groups in total. The van der Waals surface area contributed by atoms with Gasteiger partial charge in [0.05, 0.1) is 0 Å². The van der Waals surface area contributed by atoms with Crippen LogP contribution < -0.4 is 16.8 Å². The minimum Gasteiger partial charge on any atom is -0.370 e. The highest BCUT2D eigenvalue weighted by Gasteiger charge is 2.25. The first-order valence-electron chi connectivity index (χ1n) is 4.76. The Balaban J connectivity index is 4.41. The van der Waals surface area contributed by atoms with Crippen LogP contribution in [0.4, 0.5) is 0 Å². The number of rotatable bonds is 6. The van der Waals surface area contributed by atoms with Crippen LogP contribution in [0.15, 0.2) is 0 Å². The highest BCUT2D eigenvalue weighted by Crippen LogP contribution is 2.01. The van der Waals surface area contributed by atoms with Gasteiger partial charge >= 0.3 is 0 Å². The van der Waals surface area contributed by atoms with Gasteiger partial charge < -0.3 is 21.5 Å². The molecule has 0 aromatic rings. The van der Waals surface area contributed by atoms with E-state index in [1.807, 2.05) is 0 Å². The zero-order valence-corrected chi connectivity index (χ0v) is 9.32. The first-order chi connectivity index (χ1) is 6.93. The lowest BCUT2D eigenvalue weighted by Crippen LogP contribution is -2.52. The molecule has 2 unspecified atom stereocenters. The number of nitrogens with one attached hydrogen (secondary N) is 1. The fraction of sp³-hybridized carbons (Fsp3) is 0.778. The summed E-state index contributed by atoms with van der Waals surface area (Å²) < 4.78 is 4.83. The molecule has 0 aliphatic carbocycles. The summed E-state index contributed by atoms with van der Waals surface area (Å²) in [7, 11) is 1.38. The zero-order chi connectivity index (χ0) is 12.0. The number of methoxy groups -OCH3 is 1. The predicted octanol–water partition coefficient (Wildman–Crippen LogP) is -1.41. The molecule has 0 radical (unpaired) electrons. The van der Waals surface area contributed by atoms with Crippen molar-refractivity contribution in [3.05, 3.63) is 0 Å². The standard InChI is InChI=1S/C9H19N3O3/c1-5(2)7(8(11)13)12-9(14)6(4-10)15-3/h5-7H,4,10H2,1-3H3,(H2,11,13)(H,12,14). The van der Waals surface area contributed by atoms with Gasteiger partial charge in [0, 0.05) is 13.7 Å². The summed E-state index contributed by atoms with van der Waals surface area (Å²) in [6, 6.07) is -0.693. The van der Waals surface area contributed by atoms with E-state index in [1.54, 1.807) is 13.8 Å². The number of hydrogen-bond donors (Lipinski definition) is 3. The fourth-order valence-corrected chi connectivity index (χ4v) is 1.12. The van der Waals surface area contributed by atoms with Crippen molar-refractivity contribution in [3.63, 3.8) is 0 Å². The summed E-state index contributed by atoms with van der Waals surface area (Å²) in [5, 5.41) is 2.50. The number of nitrogens with two attached hydrogens (primary N) is 2. The second-order valence-corrected chi connectivity index (χ2v) is 3.59. The van der Waals surface area contributed by atoms with E-state index in [1.165, 1.54) is 7.11 Å². The summed E-state index contributed by atoms with van der Waals surface area (Å²) >= 11 is 0. The molecule has 0 fully saturated rings. The average molecular weight is 217 g/mol. The van der Waals surface area contributed by atoms with Crippen LogP contribution in [0.3, 0.4) is 0 Å². The van der Waals surface area contributed by atoms with Gasteiger partial charge in [0.15, 0.2) is 0 Å². The third-order valence-electron chi connectivity index (χ3n) is 2.06. The third-order valence-corrected chi connectivity index (χ3v) is 2.06. The van der Waals surface area contributed by atoms with E-state index in [9.17, 15) is 9.59 Å². The normalized spacial score (nSPS) is 14.7. The molecule has 0 saturated heterocycles. The van der Waals surface area contributed by atoms with Gasteiger partial charge in [-0.2, -0.15) is 0 Å². The van der Waals surface area contributed by atoms with Crippen LogP contribution in [0.2, 0.25) is 0 Å². The van der Waals surface area contributed by atoms with E-state index in [4.69, 9.17) is 16.2 Å². The molecule has 0 spiro atoms. The third kappa shape index (κ3) is 4.26. The highest BCUT2D eigenvalue weighted by atomic mass is 16.5. The van der Waals surface area contributed by atoms with Crippen molar-refractivity contribution < 1.29 is 14.3 Å². The van der Waals surface area contributed by atoms with E-state index < -0.39 is 24.0 Å². The second kappa shape index (κ2) is 6.36. The van der Waals surface area contributed by atoms with Gasteiger partial charge in [0.25, 0.3) is 5.91 Å². The lowest BCUT2D eigenvalue weighted by molar-refractivity contribution is -0.134. The Bertz CT molecular complexity index is 227. The molecule has 2 atom stereocenters. The molecule has 6 heteroatoms. The molecule has 0 heterocycles. The number of hydrogen-bond acceptors (Lipinski definition) is 4. The van der Waals surface area contributed by atoms with E-state index in [0.717, 1.165) is 0 Å². The van der Waals surface area contributed by atoms with Crippen LogP contribution in [0, 0.1) is 5.92 Å². The molecule has 0 aliphatic rings. The van der Waals surface area contributed by atoms with E-state index in [0.29, 0.717) is 0 Å². The van der Waals surface area contributed by atoms with Crippen molar-refractivity contribution in [2.24, 2.45) is 17.4 Å².